The van der Waals surface area contributed by atoms with Gasteiger partial charge in [0.15, 0.2) is 5.13 Å². The standard InChI is InChI=1S/C22H20N4OS/c1-15-4-5-16(2)19(12-15)20-14-28-22(24-20)25-21(27)18-8-6-17(7-9-18)13-26-11-3-10-23-26/h3-12,14H,13H2,1-2H3,(H,24,25,27). The van der Waals surface area contributed by atoms with Crippen molar-refractivity contribution in [3.05, 3.63) is 88.6 Å². The normalized spacial score (nSPS) is 10.8. The fourth-order valence-corrected chi connectivity index (χ4v) is 3.68. The zero-order valence-corrected chi connectivity index (χ0v) is 16.5. The Morgan fingerprint density at radius 3 is 2.71 bits per heavy atom. The average molecular weight is 388 g/mol. The number of anilines is 1. The van der Waals surface area contributed by atoms with Gasteiger partial charge in [0.25, 0.3) is 5.91 Å². The van der Waals surface area contributed by atoms with Crippen LogP contribution in [0.5, 0.6) is 0 Å². The van der Waals surface area contributed by atoms with Gasteiger partial charge in [0, 0.05) is 28.9 Å². The number of benzene rings is 2. The molecule has 28 heavy (non-hydrogen) atoms. The molecule has 0 saturated heterocycles. The second kappa shape index (κ2) is 7.78. The number of hydrogen-bond donors (Lipinski definition) is 1. The monoisotopic (exact) mass is 388 g/mol. The van der Waals surface area contributed by atoms with Gasteiger partial charge in [0.05, 0.1) is 12.2 Å². The van der Waals surface area contributed by atoms with Gasteiger partial charge in [-0.25, -0.2) is 4.98 Å². The van der Waals surface area contributed by atoms with E-state index in [0.717, 1.165) is 16.8 Å². The van der Waals surface area contributed by atoms with Crippen LogP contribution < -0.4 is 5.32 Å². The van der Waals surface area contributed by atoms with E-state index in [1.807, 2.05) is 46.6 Å². The maximum atomic E-state index is 12.5. The third-order valence-corrected chi connectivity index (χ3v) is 5.27. The van der Waals surface area contributed by atoms with Gasteiger partial charge in [-0.3, -0.25) is 14.8 Å². The average Bonchev–Trinajstić information content (AvgIpc) is 3.36. The predicted molar refractivity (Wildman–Crippen MR) is 113 cm³/mol. The van der Waals surface area contributed by atoms with Crippen LogP contribution in [-0.2, 0) is 6.54 Å². The van der Waals surface area contributed by atoms with Crippen molar-refractivity contribution in [2.75, 3.05) is 5.32 Å². The van der Waals surface area contributed by atoms with Crippen molar-refractivity contribution < 1.29 is 4.79 Å². The number of amides is 1. The summed E-state index contributed by atoms with van der Waals surface area (Å²) in [4.78, 5) is 17.1. The molecule has 1 amide bonds. The minimum Gasteiger partial charge on any atom is -0.298 e. The summed E-state index contributed by atoms with van der Waals surface area (Å²) in [6.07, 6.45) is 3.67. The molecule has 0 bridgehead atoms. The van der Waals surface area contributed by atoms with Crippen molar-refractivity contribution in [2.24, 2.45) is 0 Å². The first-order valence-corrected chi connectivity index (χ1v) is 9.87. The van der Waals surface area contributed by atoms with E-state index in [-0.39, 0.29) is 5.91 Å². The highest BCUT2D eigenvalue weighted by Gasteiger charge is 2.11. The van der Waals surface area contributed by atoms with Crippen LogP contribution in [0.3, 0.4) is 0 Å². The lowest BCUT2D eigenvalue weighted by Gasteiger charge is -2.05. The van der Waals surface area contributed by atoms with Crippen molar-refractivity contribution in [1.29, 1.82) is 0 Å². The number of thiazole rings is 1. The Hall–Kier alpha value is -3.25. The molecule has 140 valence electrons. The van der Waals surface area contributed by atoms with Gasteiger partial charge in [0.2, 0.25) is 0 Å². The molecule has 0 saturated carbocycles. The highest BCUT2D eigenvalue weighted by atomic mass is 32.1. The lowest BCUT2D eigenvalue weighted by atomic mass is 10.0. The molecule has 0 fully saturated rings. The lowest BCUT2D eigenvalue weighted by Crippen LogP contribution is -2.11. The van der Waals surface area contributed by atoms with Crippen LogP contribution in [0.2, 0.25) is 0 Å². The predicted octanol–water partition coefficient (Wildman–Crippen LogP) is 4.92. The molecule has 0 spiro atoms. The van der Waals surface area contributed by atoms with Crippen LogP contribution in [0.4, 0.5) is 5.13 Å². The van der Waals surface area contributed by atoms with Crippen LogP contribution in [0.25, 0.3) is 11.3 Å². The summed E-state index contributed by atoms with van der Waals surface area (Å²) >= 11 is 1.43. The molecule has 0 aliphatic carbocycles. The SMILES string of the molecule is Cc1ccc(C)c(-c2csc(NC(=O)c3ccc(Cn4cccn4)cc3)n2)c1. The molecule has 2 heterocycles. The first-order chi connectivity index (χ1) is 13.6. The van der Waals surface area contributed by atoms with Crippen LogP contribution in [-0.4, -0.2) is 20.7 Å². The second-order valence-corrected chi connectivity index (χ2v) is 7.57. The molecule has 4 aromatic rings. The fourth-order valence-electron chi connectivity index (χ4n) is 2.98. The van der Waals surface area contributed by atoms with Crippen LogP contribution in [0, 0.1) is 13.8 Å². The van der Waals surface area contributed by atoms with Gasteiger partial charge >= 0.3 is 0 Å². The molecular weight excluding hydrogens is 368 g/mol. The Labute approximate surface area is 167 Å². The summed E-state index contributed by atoms with van der Waals surface area (Å²) in [5.74, 6) is -0.160. The second-order valence-electron chi connectivity index (χ2n) is 6.71. The number of carbonyl (C=O) groups excluding carboxylic acids is 1. The van der Waals surface area contributed by atoms with Crippen molar-refractivity contribution in [3.63, 3.8) is 0 Å². The fraction of sp³-hybridized carbons (Fsp3) is 0.136. The lowest BCUT2D eigenvalue weighted by molar-refractivity contribution is 0.102. The van der Waals surface area contributed by atoms with E-state index < -0.39 is 0 Å². The van der Waals surface area contributed by atoms with Gasteiger partial charge in [-0.05, 0) is 49.2 Å². The first kappa shape index (κ1) is 18.1. The van der Waals surface area contributed by atoms with Gasteiger partial charge < -0.3 is 0 Å². The molecule has 0 aliphatic rings. The quantitative estimate of drug-likeness (QED) is 0.528. The maximum Gasteiger partial charge on any atom is 0.257 e. The van der Waals surface area contributed by atoms with E-state index in [1.165, 1.54) is 22.5 Å². The molecule has 2 aromatic heterocycles. The molecule has 4 rings (SSSR count). The van der Waals surface area contributed by atoms with Crippen LogP contribution in [0.15, 0.2) is 66.3 Å². The Morgan fingerprint density at radius 2 is 1.96 bits per heavy atom. The Kier molecular flexibility index (Phi) is 5.04. The third kappa shape index (κ3) is 4.02. The van der Waals surface area contributed by atoms with E-state index in [9.17, 15) is 4.79 Å². The van der Waals surface area contributed by atoms with Gasteiger partial charge in [-0.1, -0.05) is 29.8 Å². The third-order valence-electron chi connectivity index (χ3n) is 4.51. The summed E-state index contributed by atoms with van der Waals surface area (Å²) in [5, 5.41) is 9.67. The summed E-state index contributed by atoms with van der Waals surface area (Å²) < 4.78 is 1.85. The Balaban J connectivity index is 1.45. The Bertz CT molecular complexity index is 1100. The summed E-state index contributed by atoms with van der Waals surface area (Å²) in [7, 11) is 0. The zero-order chi connectivity index (χ0) is 19.5. The van der Waals surface area contributed by atoms with Crippen molar-refractivity contribution in [1.82, 2.24) is 14.8 Å². The molecule has 0 unspecified atom stereocenters. The Morgan fingerprint density at radius 1 is 1.14 bits per heavy atom. The number of aromatic nitrogens is 3. The largest absolute Gasteiger partial charge is 0.298 e. The van der Waals surface area contributed by atoms with Gasteiger partial charge in [0.1, 0.15) is 0 Å². The molecule has 2 aromatic carbocycles. The van der Waals surface area contributed by atoms with E-state index in [2.05, 4.69) is 47.4 Å². The summed E-state index contributed by atoms with van der Waals surface area (Å²) in [5.41, 5.74) is 6.03. The molecule has 1 N–H and O–H groups in total. The van der Waals surface area contributed by atoms with E-state index >= 15 is 0 Å². The molecule has 5 nitrogen and oxygen atoms in total. The summed E-state index contributed by atoms with van der Waals surface area (Å²) in [6, 6.07) is 15.7. The van der Waals surface area contributed by atoms with Gasteiger partial charge in [-0.2, -0.15) is 5.10 Å². The van der Waals surface area contributed by atoms with E-state index in [4.69, 9.17) is 0 Å². The van der Waals surface area contributed by atoms with Crippen LogP contribution in [0.1, 0.15) is 27.0 Å². The van der Waals surface area contributed by atoms with Crippen LogP contribution >= 0.6 is 11.3 Å². The highest BCUT2D eigenvalue weighted by molar-refractivity contribution is 7.14. The minimum absolute atomic E-state index is 0.160. The molecule has 0 radical (unpaired) electrons. The number of nitrogens with one attached hydrogen (secondary N) is 1. The number of nitrogens with zero attached hydrogens (tertiary/aromatic N) is 3. The molecule has 6 heteroatoms. The van der Waals surface area contributed by atoms with Crippen molar-refractivity contribution in [2.45, 2.75) is 20.4 Å². The number of carbonyl (C=O) groups is 1. The smallest absolute Gasteiger partial charge is 0.257 e. The van der Waals surface area contributed by atoms with E-state index in [1.54, 1.807) is 6.20 Å². The number of hydrogen-bond acceptors (Lipinski definition) is 4. The highest BCUT2D eigenvalue weighted by Crippen LogP contribution is 2.28. The molecular formula is C22H20N4OS. The number of aryl methyl sites for hydroxylation is 2. The van der Waals surface area contributed by atoms with Gasteiger partial charge in [-0.15, -0.1) is 11.3 Å². The first-order valence-electron chi connectivity index (χ1n) is 8.99. The topological polar surface area (TPSA) is 59.8 Å². The van der Waals surface area contributed by atoms with Crippen molar-refractivity contribution >= 4 is 22.4 Å². The molecule has 0 atom stereocenters. The van der Waals surface area contributed by atoms with E-state index in [0.29, 0.717) is 17.2 Å². The minimum atomic E-state index is -0.160. The zero-order valence-electron chi connectivity index (χ0n) is 15.7. The van der Waals surface area contributed by atoms with Crippen molar-refractivity contribution in [3.8, 4) is 11.3 Å². The summed E-state index contributed by atoms with van der Waals surface area (Å²) in [6.45, 7) is 4.81. The molecule has 0 aliphatic heterocycles. The number of rotatable bonds is 5. The maximum absolute atomic E-state index is 12.5.